The van der Waals surface area contributed by atoms with Gasteiger partial charge in [-0.25, -0.2) is 4.98 Å². The maximum Gasteiger partial charge on any atom is 0.256 e. The van der Waals surface area contributed by atoms with Gasteiger partial charge in [-0.15, -0.1) is 11.3 Å². The molecule has 0 radical (unpaired) electrons. The molecule has 1 aliphatic carbocycles. The van der Waals surface area contributed by atoms with Gasteiger partial charge in [-0.3, -0.25) is 4.79 Å². The molecule has 2 N–H and O–H groups in total. The van der Waals surface area contributed by atoms with Crippen LogP contribution in [0.15, 0.2) is 79.0 Å². The quantitative estimate of drug-likeness (QED) is 0.325. The maximum atomic E-state index is 13.2. The molecule has 172 valence electrons. The van der Waals surface area contributed by atoms with Gasteiger partial charge in [0.1, 0.15) is 16.6 Å². The van der Waals surface area contributed by atoms with Crippen LogP contribution in [0.2, 0.25) is 0 Å². The van der Waals surface area contributed by atoms with Crippen LogP contribution in [0.25, 0.3) is 0 Å². The van der Waals surface area contributed by atoms with E-state index in [1.165, 1.54) is 16.9 Å². The summed E-state index contributed by atoms with van der Waals surface area (Å²) in [6, 6.07) is 23.0. The Balaban J connectivity index is 1.64. The summed E-state index contributed by atoms with van der Waals surface area (Å²) in [7, 11) is 1.69. The van der Waals surface area contributed by atoms with Crippen molar-refractivity contribution in [1.29, 1.82) is 0 Å². The van der Waals surface area contributed by atoms with Crippen LogP contribution in [0.3, 0.4) is 0 Å². The SMILES string of the molecule is COc1ccccc1C(Nc1ccccn1)c1c(NC(=O)c2ccccc2)sc2c1CCCC2. The number of anilines is 2. The Morgan fingerprint density at radius 2 is 1.74 bits per heavy atom. The molecule has 0 aliphatic heterocycles. The van der Waals surface area contributed by atoms with E-state index in [4.69, 9.17) is 4.74 Å². The average molecular weight is 470 g/mol. The summed E-state index contributed by atoms with van der Waals surface area (Å²) in [6.45, 7) is 0. The van der Waals surface area contributed by atoms with Crippen molar-refractivity contribution in [2.24, 2.45) is 0 Å². The van der Waals surface area contributed by atoms with Crippen LogP contribution in [0.1, 0.15) is 50.8 Å². The molecule has 1 unspecified atom stereocenters. The van der Waals surface area contributed by atoms with E-state index in [-0.39, 0.29) is 11.9 Å². The summed E-state index contributed by atoms with van der Waals surface area (Å²) < 4.78 is 5.75. The highest BCUT2D eigenvalue weighted by Gasteiger charge is 2.30. The van der Waals surface area contributed by atoms with E-state index >= 15 is 0 Å². The van der Waals surface area contributed by atoms with Gasteiger partial charge < -0.3 is 15.4 Å². The molecule has 5 rings (SSSR count). The Morgan fingerprint density at radius 1 is 0.971 bits per heavy atom. The number of benzene rings is 2. The molecule has 6 heteroatoms. The minimum atomic E-state index is -0.227. The minimum absolute atomic E-state index is 0.0999. The highest BCUT2D eigenvalue weighted by molar-refractivity contribution is 7.16. The highest BCUT2D eigenvalue weighted by atomic mass is 32.1. The molecular weight excluding hydrogens is 442 g/mol. The topological polar surface area (TPSA) is 63.2 Å². The van der Waals surface area contributed by atoms with Gasteiger partial charge in [-0.05, 0) is 61.6 Å². The van der Waals surface area contributed by atoms with Crippen molar-refractivity contribution in [2.45, 2.75) is 31.7 Å². The number of fused-ring (bicyclic) bond motifs is 1. The summed E-state index contributed by atoms with van der Waals surface area (Å²) in [4.78, 5) is 19.0. The van der Waals surface area contributed by atoms with Gasteiger partial charge in [0.2, 0.25) is 0 Å². The Bertz CT molecular complexity index is 1270. The zero-order valence-electron chi connectivity index (χ0n) is 19.1. The molecule has 1 atom stereocenters. The first-order valence-electron chi connectivity index (χ1n) is 11.6. The molecule has 0 fully saturated rings. The van der Waals surface area contributed by atoms with E-state index in [0.29, 0.717) is 5.56 Å². The molecule has 4 aromatic rings. The van der Waals surface area contributed by atoms with Gasteiger partial charge in [0.25, 0.3) is 5.91 Å². The average Bonchev–Trinajstić information content (AvgIpc) is 3.26. The molecule has 34 heavy (non-hydrogen) atoms. The zero-order chi connectivity index (χ0) is 23.3. The molecule has 1 aliphatic rings. The first-order chi connectivity index (χ1) is 16.7. The predicted octanol–water partition coefficient (Wildman–Crippen LogP) is 6.48. The third-order valence-electron chi connectivity index (χ3n) is 6.17. The Morgan fingerprint density at radius 3 is 2.53 bits per heavy atom. The summed E-state index contributed by atoms with van der Waals surface area (Å²) in [5, 5.41) is 7.77. The number of nitrogens with zero attached hydrogens (tertiary/aromatic N) is 1. The first kappa shape index (κ1) is 22.2. The second-order valence-corrected chi connectivity index (χ2v) is 9.41. The number of carbonyl (C=O) groups is 1. The first-order valence-corrected chi connectivity index (χ1v) is 12.4. The molecule has 2 heterocycles. The number of para-hydroxylation sites is 1. The molecular formula is C28H27N3O2S. The fraction of sp³-hybridized carbons (Fsp3) is 0.214. The van der Waals surface area contributed by atoms with Crippen molar-refractivity contribution >= 4 is 28.1 Å². The van der Waals surface area contributed by atoms with E-state index in [1.807, 2.05) is 66.7 Å². The number of carbonyl (C=O) groups excluding carboxylic acids is 1. The zero-order valence-corrected chi connectivity index (χ0v) is 19.9. The molecule has 0 bridgehead atoms. The van der Waals surface area contributed by atoms with Crippen LogP contribution < -0.4 is 15.4 Å². The predicted molar refractivity (Wildman–Crippen MR) is 138 cm³/mol. The highest BCUT2D eigenvalue weighted by Crippen LogP contribution is 2.46. The van der Waals surface area contributed by atoms with Crippen molar-refractivity contribution < 1.29 is 9.53 Å². The smallest absolute Gasteiger partial charge is 0.256 e. The molecule has 5 nitrogen and oxygen atoms in total. The summed E-state index contributed by atoms with van der Waals surface area (Å²) in [5.41, 5.74) is 4.10. The number of methoxy groups -OCH3 is 1. The number of ether oxygens (including phenoxy) is 1. The van der Waals surface area contributed by atoms with E-state index in [9.17, 15) is 4.79 Å². The third-order valence-corrected chi connectivity index (χ3v) is 7.39. The van der Waals surface area contributed by atoms with E-state index in [1.54, 1.807) is 24.6 Å². The van der Waals surface area contributed by atoms with Crippen LogP contribution in [-0.4, -0.2) is 18.0 Å². The lowest BCUT2D eigenvalue weighted by Crippen LogP contribution is -2.19. The van der Waals surface area contributed by atoms with E-state index in [2.05, 4.69) is 21.7 Å². The summed E-state index contributed by atoms with van der Waals surface area (Å²) in [6.07, 6.45) is 6.13. The standard InChI is InChI=1S/C28H27N3O2S/c1-33-22-15-7-5-13-20(22)26(30-24-17-9-10-18-29-24)25-21-14-6-8-16-23(21)34-28(25)31-27(32)19-11-3-2-4-12-19/h2-5,7,9-13,15,17-18,26H,6,8,14,16H2,1H3,(H,29,30)(H,31,32). The Hall–Kier alpha value is -3.64. The van der Waals surface area contributed by atoms with Gasteiger partial charge in [0.05, 0.1) is 13.2 Å². The van der Waals surface area contributed by atoms with E-state index in [0.717, 1.165) is 47.0 Å². The molecule has 0 saturated heterocycles. The third kappa shape index (κ3) is 4.54. The largest absolute Gasteiger partial charge is 0.496 e. The van der Waals surface area contributed by atoms with Crippen molar-refractivity contribution in [3.05, 3.63) is 106 Å². The van der Waals surface area contributed by atoms with Crippen LogP contribution in [0.4, 0.5) is 10.8 Å². The monoisotopic (exact) mass is 469 g/mol. The number of rotatable bonds is 7. The Labute approximate surface area is 203 Å². The van der Waals surface area contributed by atoms with Crippen LogP contribution in [0.5, 0.6) is 5.75 Å². The lowest BCUT2D eigenvalue weighted by Gasteiger charge is -2.25. The summed E-state index contributed by atoms with van der Waals surface area (Å²) >= 11 is 1.70. The van der Waals surface area contributed by atoms with Gasteiger partial charge in [0, 0.05) is 27.8 Å². The fourth-order valence-corrected chi connectivity index (χ4v) is 5.88. The van der Waals surface area contributed by atoms with Gasteiger partial charge in [0.15, 0.2) is 0 Å². The molecule has 1 amide bonds. The van der Waals surface area contributed by atoms with Crippen LogP contribution in [0, 0.1) is 0 Å². The van der Waals surface area contributed by atoms with Crippen molar-refractivity contribution in [2.75, 3.05) is 17.7 Å². The van der Waals surface area contributed by atoms with Crippen LogP contribution >= 0.6 is 11.3 Å². The maximum absolute atomic E-state index is 13.2. The summed E-state index contributed by atoms with van der Waals surface area (Å²) in [5.74, 6) is 1.47. The number of hydrogen-bond acceptors (Lipinski definition) is 5. The number of nitrogens with one attached hydrogen (secondary N) is 2. The van der Waals surface area contributed by atoms with Crippen molar-refractivity contribution in [3.63, 3.8) is 0 Å². The second kappa shape index (κ2) is 10.1. The fourth-order valence-electron chi connectivity index (χ4n) is 4.56. The number of hydrogen-bond donors (Lipinski definition) is 2. The lowest BCUT2D eigenvalue weighted by molar-refractivity contribution is 0.102. The van der Waals surface area contributed by atoms with E-state index < -0.39 is 0 Å². The lowest BCUT2D eigenvalue weighted by atomic mass is 9.89. The number of thiophene rings is 1. The normalized spacial score (nSPS) is 13.6. The molecule has 2 aromatic carbocycles. The number of aryl methyl sites for hydroxylation is 1. The van der Waals surface area contributed by atoms with Crippen molar-refractivity contribution in [3.8, 4) is 5.75 Å². The number of amides is 1. The molecule has 2 aromatic heterocycles. The number of aromatic nitrogens is 1. The van der Waals surface area contributed by atoms with Gasteiger partial charge in [-0.1, -0.05) is 42.5 Å². The van der Waals surface area contributed by atoms with Gasteiger partial charge in [-0.2, -0.15) is 0 Å². The van der Waals surface area contributed by atoms with Crippen LogP contribution in [-0.2, 0) is 12.8 Å². The number of pyridine rings is 1. The molecule has 0 spiro atoms. The van der Waals surface area contributed by atoms with Gasteiger partial charge >= 0.3 is 0 Å². The second-order valence-electron chi connectivity index (χ2n) is 8.31. The Kier molecular flexibility index (Phi) is 6.58. The van der Waals surface area contributed by atoms with Crippen molar-refractivity contribution in [1.82, 2.24) is 4.98 Å². The minimum Gasteiger partial charge on any atom is -0.496 e. The molecule has 0 saturated carbocycles.